The summed E-state index contributed by atoms with van der Waals surface area (Å²) in [4.78, 5) is 14.7. The lowest BCUT2D eigenvalue weighted by Crippen LogP contribution is -1.97. The molecule has 0 aliphatic heterocycles. The standard InChI is InChI=1S/C11H11NO3/c1-15-11(14)4-2-3-10-7-9(8-13)5-6-12-10/h5-7,13H,4,8H2,1H3. The van der Waals surface area contributed by atoms with E-state index >= 15 is 0 Å². The topological polar surface area (TPSA) is 59.4 Å². The van der Waals surface area contributed by atoms with E-state index in [0.717, 1.165) is 5.56 Å². The van der Waals surface area contributed by atoms with Crippen LogP contribution in [0, 0.1) is 11.8 Å². The summed E-state index contributed by atoms with van der Waals surface area (Å²) in [6, 6.07) is 3.37. The van der Waals surface area contributed by atoms with Crippen molar-refractivity contribution < 1.29 is 14.6 Å². The first-order chi connectivity index (χ1) is 7.26. The van der Waals surface area contributed by atoms with Gasteiger partial charge in [-0.05, 0) is 23.6 Å². The average molecular weight is 205 g/mol. The predicted octanol–water partition coefficient (Wildman–Crippen LogP) is 0.488. The van der Waals surface area contributed by atoms with Gasteiger partial charge in [-0.15, -0.1) is 0 Å². The van der Waals surface area contributed by atoms with Crippen LogP contribution in [0.15, 0.2) is 18.3 Å². The van der Waals surface area contributed by atoms with Gasteiger partial charge in [-0.25, -0.2) is 4.98 Å². The highest BCUT2D eigenvalue weighted by Gasteiger charge is 1.95. The second-order valence-corrected chi connectivity index (χ2v) is 2.76. The van der Waals surface area contributed by atoms with Crippen molar-refractivity contribution in [1.29, 1.82) is 0 Å². The number of aliphatic hydroxyl groups is 1. The van der Waals surface area contributed by atoms with Gasteiger partial charge in [0.05, 0.1) is 13.7 Å². The number of ether oxygens (including phenoxy) is 1. The Bertz CT molecular complexity index is 404. The number of aromatic nitrogens is 1. The van der Waals surface area contributed by atoms with E-state index in [1.54, 1.807) is 18.3 Å². The Morgan fingerprint density at radius 3 is 3.13 bits per heavy atom. The number of esters is 1. The Labute approximate surface area is 87.9 Å². The molecule has 0 spiro atoms. The van der Waals surface area contributed by atoms with Gasteiger partial charge < -0.3 is 9.84 Å². The Balaban J connectivity index is 2.67. The number of nitrogens with zero attached hydrogens (tertiary/aromatic N) is 1. The van der Waals surface area contributed by atoms with Crippen LogP contribution >= 0.6 is 0 Å². The molecule has 0 bridgehead atoms. The second-order valence-electron chi connectivity index (χ2n) is 2.76. The SMILES string of the molecule is COC(=O)CC#Cc1cc(CO)ccn1. The molecule has 1 aromatic heterocycles. The molecule has 0 radical (unpaired) electrons. The molecule has 15 heavy (non-hydrogen) atoms. The predicted molar refractivity (Wildman–Crippen MR) is 53.7 cm³/mol. The summed E-state index contributed by atoms with van der Waals surface area (Å²) in [7, 11) is 1.31. The van der Waals surface area contributed by atoms with Crippen LogP contribution in [0.25, 0.3) is 0 Å². The van der Waals surface area contributed by atoms with E-state index in [4.69, 9.17) is 5.11 Å². The van der Waals surface area contributed by atoms with Crippen LogP contribution in [-0.4, -0.2) is 23.2 Å². The van der Waals surface area contributed by atoms with Gasteiger partial charge >= 0.3 is 5.97 Å². The van der Waals surface area contributed by atoms with Gasteiger partial charge in [-0.2, -0.15) is 0 Å². The van der Waals surface area contributed by atoms with Crippen molar-refractivity contribution in [1.82, 2.24) is 4.98 Å². The van der Waals surface area contributed by atoms with Crippen molar-refractivity contribution in [3.8, 4) is 11.8 Å². The molecule has 0 aliphatic carbocycles. The van der Waals surface area contributed by atoms with Crippen LogP contribution in [0.5, 0.6) is 0 Å². The van der Waals surface area contributed by atoms with E-state index in [1.165, 1.54) is 7.11 Å². The van der Waals surface area contributed by atoms with Gasteiger partial charge in [0.1, 0.15) is 12.1 Å². The molecule has 0 aromatic carbocycles. The lowest BCUT2D eigenvalue weighted by atomic mass is 10.2. The molecule has 1 heterocycles. The van der Waals surface area contributed by atoms with E-state index in [2.05, 4.69) is 21.6 Å². The maximum absolute atomic E-state index is 10.7. The van der Waals surface area contributed by atoms with Crippen LogP contribution in [0.2, 0.25) is 0 Å². The van der Waals surface area contributed by atoms with Crippen LogP contribution in [-0.2, 0) is 16.1 Å². The third-order valence-electron chi connectivity index (χ3n) is 1.68. The van der Waals surface area contributed by atoms with E-state index in [9.17, 15) is 4.79 Å². The molecule has 1 N–H and O–H groups in total. The Morgan fingerprint density at radius 2 is 2.47 bits per heavy atom. The van der Waals surface area contributed by atoms with Crippen molar-refractivity contribution in [2.24, 2.45) is 0 Å². The molecule has 0 saturated carbocycles. The van der Waals surface area contributed by atoms with E-state index in [0.29, 0.717) is 5.69 Å². The zero-order valence-electron chi connectivity index (χ0n) is 8.36. The Morgan fingerprint density at radius 1 is 1.67 bits per heavy atom. The zero-order valence-corrected chi connectivity index (χ0v) is 8.36. The fraction of sp³-hybridized carbons (Fsp3) is 0.273. The van der Waals surface area contributed by atoms with Crippen LogP contribution < -0.4 is 0 Å². The first kappa shape index (κ1) is 11.2. The number of hydrogen-bond acceptors (Lipinski definition) is 4. The molecule has 0 atom stereocenters. The number of hydrogen-bond donors (Lipinski definition) is 1. The summed E-state index contributed by atoms with van der Waals surface area (Å²) in [6.07, 6.45) is 1.61. The molecule has 0 fully saturated rings. The van der Waals surface area contributed by atoms with Gasteiger partial charge in [0.25, 0.3) is 0 Å². The van der Waals surface area contributed by atoms with Crippen molar-refractivity contribution in [2.45, 2.75) is 13.0 Å². The monoisotopic (exact) mass is 205 g/mol. The number of pyridine rings is 1. The summed E-state index contributed by atoms with van der Waals surface area (Å²) < 4.78 is 4.43. The lowest BCUT2D eigenvalue weighted by molar-refractivity contribution is -0.139. The Hall–Kier alpha value is -1.86. The largest absolute Gasteiger partial charge is 0.468 e. The molecule has 1 aromatic rings. The molecule has 4 nitrogen and oxygen atoms in total. The van der Waals surface area contributed by atoms with E-state index in [1.807, 2.05) is 0 Å². The summed E-state index contributed by atoms with van der Waals surface area (Å²) in [5.41, 5.74) is 1.28. The average Bonchev–Trinajstić information content (AvgIpc) is 2.29. The number of methoxy groups -OCH3 is 1. The number of aliphatic hydroxyl groups excluding tert-OH is 1. The van der Waals surface area contributed by atoms with E-state index < -0.39 is 0 Å². The van der Waals surface area contributed by atoms with Crippen LogP contribution in [0.4, 0.5) is 0 Å². The fourth-order valence-electron chi connectivity index (χ4n) is 0.920. The smallest absolute Gasteiger partial charge is 0.317 e. The molecule has 0 aliphatic rings. The van der Waals surface area contributed by atoms with Crippen molar-refractivity contribution in [3.05, 3.63) is 29.6 Å². The second kappa shape index (κ2) is 5.78. The van der Waals surface area contributed by atoms with Gasteiger partial charge in [-0.1, -0.05) is 5.92 Å². The first-order valence-corrected chi connectivity index (χ1v) is 4.37. The number of rotatable bonds is 2. The van der Waals surface area contributed by atoms with Gasteiger partial charge in [0.2, 0.25) is 0 Å². The molecule has 1 rings (SSSR count). The Kier molecular flexibility index (Phi) is 4.32. The summed E-state index contributed by atoms with van der Waals surface area (Å²) in [6.45, 7) is -0.0474. The molecule has 0 amide bonds. The minimum atomic E-state index is -0.374. The molecule has 0 saturated heterocycles. The molecular weight excluding hydrogens is 194 g/mol. The highest BCUT2D eigenvalue weighted by molar-refractivity contribution is 5.72. The normalized spacial score (nSPS) is 8.93. The molecular formula is C11H11NO3. The van der Waals surface area contributed by atoms with Crippen molar-refractivity contribution >= 4 is 5.97 Å². The number of carbonyl (C=O) groups is 1. The first-order valence-electron chi connectivity index (χ1n) is 4.37. The van der Waals surface area contributed by atoms with Crippen LogP contribution in [0.1, 0.15) is 17.7 Å². The highest BCUT2D eigenvalue weighted by atomic mass is 16.5. The maximum Gasteiger partial charge on any atom is 0.317 e. The van der Waals surface area contributed by atoms with Gasteiger partial charge in [0, 0.05) is 6.20 Å². The minimum Gasteiger partial charge on any atom is -0.468 e. The lowest BCUT2D eigenvalue weighted by Gasteiger charge is -1.94. The van der Waals surface area contributed by atoms with Crippen LogP contribution in [0.3, 0.4) is 0 Å². The molecule has 0 unspecified atom stereocenters. The summed E-state index contributed by atoms with van der Waals surface area (Å²) >= 11 is 0. The van der Waals surface area contributed by atoms with Gasteiger partial charge in [-0.3, -0.25) is 4.79 Å². The quantitative estimate of drug-likeness (QED) is 0.564. The highest BCUT2D eigenvalue weighted by Crippen LogP contribution is 1.99. The van der Waals surface area contributed by atoms with Gasteiger partial charge in [0.15, 0.2) is 0 Å². The summed E-state index contributed by atoms with van der Waals surface area (Å²) in [5, 5.41) is 8.86. The minimum absolute atomic E-state index is 0.0432. The summed E-state index contributed by atoms with van der Waals surface area (Å²) in [5.74, 6) is 4.97. The zero-order chi connectivity index (χ0) is 11.1. The number of carbonyl (C=O) groups excluding carboxylic acids is 1. The molecule has 78 valence electrons. The maximum atomic E-state index is 10.7. The van der Waals surface area contributed by atoms with Crippen molar-refractivity contribution in [2.75, 3.05) is 7.11 Å². The third kappa shape index (κ3) is 3.79. The third-order valence-corrected chi connectivity index (χ3v) is 1.68. The molecule has 4 heteroatoms. The van der Waals surface area contributed by atoms with Crippen molar-refractivity contribution in [3.63, 3.8) is 0 Å². The fourth-order valence-corrected chi connectivity index (χ4v) is 0.920. The van der Waals surface area contributed by atoms with E-state index in [-0.39, 0.29) is 19.0 Å².